The molecular formula is C12H12ClN3. The number of hydrogen-bond donors (Lipinski definition) is 1. The first-order valence-electron chi connectivity index (χ1n) is 4.98. The summed E-state index contributed by atoms with van der Waals surface area (Å²) in [6, 6.07) is 7.56. The van der Waals surface area contributed by atoms with E-state index in [1.54, 1.807) is 6.20 Å². The molecule has 1 heterocycles. The van der Waals surface area contributed by atoms with Gasteiger partial charge in [-0.25, -0.2) is 9.97 Å². The Labute approximate surface area is 99.5 Å². The maximum atomic E-state index is 6.09. The van der Waals surface area contributed by atoms with E-state index in [4.69, 9.17) is 11.6 Å². The number of aryl methyl sites for hydroxylation is 1. The topological polar surface area (TPSA) is 37.8 Å². The molecule has 0 bridgehead atoms. The van der Waals surface area contributed by atoms with E-state index < -0.39 is 0 Å². The fourth-order valence-corrected chi connectivity index (χ4v) is 1.71. The Bertz CT molecular complexity index is 511. The summed E-state index contributed by atoms with van der Waals surface area (Å²) in [7, 11) is 1.85. The van der Waals surface area contributed by atoms with Gasteiger partial charge in [0, 0.05) is 12.6 Å². The van der Waals surface area contributed by atoms with Gasteiger partial charge in [-0.3, -0.25) is 0 Å². The minimum Gasteiger partial charge on any atom is -0.385 e. The molecular weight excluding hydrogens is 222 g/mol. The SMILES string of the molecule is CNc1cnc(-c2ccccc2Cl)nc1C. The van der Waals surface area contributed by atoms with Crippen molar-refractivity contribution in [3.05, 3.63) is 41.2 Å². The summed E-state index contributed by atoms with van der Waals surface area (Å²) in [5, 5.41) is 3.70. The van der Waals surface area contributed by atoms with Gasteiger partial charge in [0.2, 0.25) is 0 Å². The fourth-order valence-electron chi connectivity index (χ4n) is 1.48. The van der Waals surface area contributed by atoms with Gasteiger partial charge in [0.1, 0.15) is 0 Å². The Hall–Kier alpha value is -1.61. The van der Waals surface area contributed by atoms with Crippen LogP contribution in [-0.2, 0) is 0 Å². The highest BCUT2D eigenvalue weighted by molar-refractivity contribution is 6.33. The number of halogens is 1. The van der Waals surface area contributed by atoms with Crippen molar-refractivity contribution >= 4 is 17.3 Å². The van der Waals surface area contributed by atoms with Gasteiger partial charge < -0.3 is 5.32 Å². The molecule has 0 atom stereocenters. The molecule has 0 unspecified atom stereocenters. The Morgan fingerprint density at radius 3 is 2.62 bits per heavy atom. The number of anilines is 1. The van der Waals surface area contributed by atoms with Crippen molar-refractivity contribution in [2.75, 3.05) is 12.4 Å². The van der Waals surface area contributed by atoms with E-state index in [0.29, 0.717) is 10.8 Å². The van der Waals surface area contributed by atoms with Crippen LogP contribution in [0.15, 0.2) is 30.5 Å². The summed E-state index contributed by atoms with van der Waals surface area (Å²) < 4.78 is 0. The molecule has 0 fully saturated rings. The Kier molecular flexibility index (Phi) is 3.06. The molecule has 3 nitrogen and oxygen atoms in total. The quantitative estimate of drug-likeness (QED) is 0.866. The first-order chi connectivity index (χ1) is 7.72. The average molecular weight is 234 g/mol. The largest absolute Gasteiger partial charge is 0.385 e. The number of nitrogens with one attached hydrogen (secondary N) is 1. The van der Waals surface area contributed by atoms with Crippen molar-refractivity contribution in [3.63, 3.8) is 0 Å². The summed E-state index contributed by atoms with van der Waals surface area (Å²) in [6.45, 7) is 1.94. The van der Waals surface area contributed by atoms with Gasteiger partial charge in [-0.1, -0.05) is 23.7 Å². The lowest BCUT2D eigenvalue weighted by Gasteiger charge is -2.07. The normalized spacial score (nSPS) is 10.2. The van der Waals surface area contributed by atoms with Crippen molar-refractivity contribution < 1.29 is 0 Å². The Morgan fingerprint density at radius 1 is 1.25 bits per heavy atom. The van der Waals surface area contributed by atoms with Crippen LogP contribution in [0.2, 0.25) is 5.02 Å². The zero-order valence-electron chi connectivity index (χ0n) is 9.16. The predicted molar refractivity (Wildman–Crippen MR) is 66.8 cm³/mol. The van der Waals surface area contributed by atoms with Crippen molar-refractivity contribution in [2.24, 2.45) is 0 Å². The van der Waals surface area contributed by atoms with Crippen LogP contribution in [0.1, 0.15) is 5.69 Å². The highest BCUT2D eigenvalue weighted by Crippen LogP contribution is 2.25. The molecule has 1 N–H and O–H groups in total. The fraction of sp³-hybridized carbons (Fsp3) is 0.167. The lowest BCUT2D eigenvalue weighted by molar-refractivity contribution is 1.11. The molecule has 2 aromatic rings. The molecule has 0 saturated heterocycles. The van der Waals surface area contributed by atoms with Gasteiger partial charge >= 0.3 is 0 Å². The third-order valence-corrected chi connectivity index (χ3v) is 2.69. The van der Waals surface area contributed by atoms with E-state index in [-0.39, 0.29) is 0 Å². The number of rotatable bonds is 2. The molecule has 0 amide bonds. The van der Waals surface area contributed by atoms with Gasteiger partial charge in [-0.05, 0) is 19.1 Å². The van der Waals surface area contributed by atoms with Crippen molar-refractivity contribution in [2.45, 2.75) is 6.92 Å². The minimum absolute atomic E-state index is 0.655. The first kappa shape index (κ1) is 10.9. The third-order valence-electron chi connectivity index (χ3n) is 2.36. The lowest BCUT2D eigenvalue weighted by Crippen LogP contribution is -1.98. The van der Waals surface area contributed by atoms with Crippen LogP contribution in [-0.4, -0.2) is 17.0 Å². The van der Waals surface area contributed by atoms with E-state index in [1.807, 2.05) is 38.2 Å². The maximum absolute atomic E-state index is 6.09. The molecule has 0 aliphatic carbocycles. The molecule has 2 rings (SSSR count). The lowest BCUT2D eigenvalue weighted by atomic mass is 10.2. The molecule has 4 heteroatoms. The van der Waals surface area contributed by atoms with Crippen LogP contribution < -0.4 is 5.32 Å². The van der Waals surface area contributed by atoms with Crippen LogP contribution >= 0.6 is 11.6 Å². The molecule has 0 radical (unpaired) electrons. The second kappa shape index (κ2) is 4.49. The monoisotopic (exact) mass is 233 g/mol. The van der Waals surface area contributed by atoms with Gasteiger partial charge in [-0.15, -0.1) is 0 Å². The molecule has 1 aromatic heterocycles. The van der Waals surface area contributed by atoms with E-state index in [9.17, 15) is 0 Å². The summed E-state index contributed by atoms with van der Waals surface area (Å²) in [6.07, 6.45) is 1.76. The van der Waals surface area contributed by atoms with Crippen molar-refractivity contribution in [3.8, 4) is 11.4 Å². The Balaban J connectivity index is 2.50. The average Bonchev–Trinajstić information content (AvgIpc) is 2.29. The molecule has 0 spiro atoms. The number of nitrogens with zero attached hydrogens (tertiary/aromatic N) is 2. The second-order valence-corrected chi connectivity index (χ2v) is 3.83. The molecule has 16 heavy (non-hydrogen) atoms. The summed E-state index contributed by atoms with van der Waals surface area (Å²) in [5.41, 5.74) is 2.69. The second-order valence-electron chi connectivity index (χ2n) is 3.42. The zero-order chi connectivity index (χ0) is 11.5. The molecule has 0 saturated carbocycles. The van der Waals surface area contributed by atoms with Gasteiger partial charge in [0.05, 0.1) is 22.6 Å². The van der Waals surface area contributed by atoms with E-state index >= 15 is 0 Å². The number of benzene rings is 1. The van der Waals surface area contributed by atoms with E-state index in [1.165, 1.54) is 0 Å². The molecule has 82 valence electrons. The summed E-state index contributed by atoms with van der Waals surface area (Å²) >= 11 is 6.09. The van der Waals surface area contributed by atoms with Crippen LogP contribution in [0.5, 0.6) is 0 Å². The van der Waals surface area contributed by atoms with Crippen LogP contribution in [0.25, 0.3) is 11.4 Å². The number of hydrogen-bond acceptors (Lipinski definition) is 3. The highest BCUT2D eigenvalue weighted by Gasteiger charge is 2.07. The molecule has 0 aliphatic heterocycles. The van der Waals surface area contributed by atoms with Gasteiger partial charge in [0.15, 0.2) is 5.82 Å². The third kappa shape index (κ3) is 1.99. The Morgan fingerprint density at radius 2 is 2.00 bits per heavy atom. The van der Waals surface area contributed by atoms with Gasteiger partial charge in [-0.2, -0.15) is 0 Å². The van der Waals surface area contributed by atoms with E-state index in [2.05, 4.69) is 15.3 Å². The van der Waals surface area contributed by atoms with Crippen LogP contribution in [0.3, 0.4) is 0 Å². The van der Waals surface area contributed by atoms with Crippen LogP contribution in [0.4, 0.5) is 5.69 Å². The van der Waals surface area contributed by atoms with Crippen LogP contribution in [0, 0.1) is 6.92 Å². The smallest absolute Gasteiger partial charge is 0.161 e. The predicted octanol–water partition coefficient (Wildman–Crippen LogP) is 3.15. The van der Waals surface area contributed by atoms with Crippen molar-refractivity contribution in [1.29, 1.82) is 0 Å². The van der Waals surface area contributed by atoms with Crippen molar-refractivity contribution in [1.82, 2.24) is 9.97 Å². The maximum Gasteiger partial charge on any atom is 0.161 e. The first-order valence-corrected chi connectivity index (χ1v) is 5.36. The molecule has 1 aromatic carbocycles. The zero-order valence-corrected chi connectivity index (χ0v) is 9.92. The summed E-state index contributed by atoms with van der Waals surface area (Å²) in [4.78, 5) is 8.70. The number of aromatic nitrogens is 2. The molecule has 0 aliphatic rings. The minimum atomic E-state index is 0.655. The highest BCUT2D eigenvalue weighted by atomic mass is 35.5. The van der Waals surface area contributed by atoms with Gasteiger partial charge in [0.25, 0.3) is 0 Å². The standard InChI is InChI=1S/C12H12ClN3/c1-8-11(14-2)7-15-12(16-8)9-5-3-4-6-10(9)13/h3-7,14H,1-2H3. The van der Waals surface area contributed by atoms with E-state index in [0.717, 1.165) is 16.9 Å². The summed E-state index contributed by atoms with van der Waals surface area (Å²) in [5.74, 6) is 0.655.